The van der Waals surface area contributed by atoms with Crippen LogP contribution in [-0.4, -0.2) is 51.4 Å². The molecule has 6 rings (SSSR count). The van der Waals surface area contributed by atoms with Crippen molar-refractivity contribution in [2.75, 3.05) is 5.32 Å². The SMILES string of the molecule is CC(C)(C)C(O)Nc1cncc(-c2cnc3n[nH]c(-c4nc5c(-c6cccnc6)nccc5[nH]4)c3c2F)c1. The lowest BCUT2D eigenvalue weighted by atomic mass is 9.94. The first-order chi connectivity index (χ1) is 18.3. The fraction of sp³-hybridized carbons (Fsp3) is 0.185. The van der Waals surface area contributed by atoms with Crippen molar-refractivity contribution in [2.45, 2.75) is 27.0 Å². The number of H-pyrrole nitrogens is 2. The highest BCUT2D eigenvalue weighted by Gasteiger charge is 2.23. The highest BCUT2D eigenvalue weighted by molar-refractivity contribution is 5.96. The molecule has 190 valence electrons. The number of aromatic nitrogens is 8. The van der Waals surface area contributed by atoms with Gasteiger partial charge in [-0.05, 0) is 24.3 Å². The number of imidazole rings is 1. The largest absolute Gasteiger partial charge is 0.373 e. The molecule has 1 unspecified atom stereocenters. The van der Waals surface area contributed by atoms with E-state index in [1.165, 1.54) is 6.20 Å². The van der Waals surface area contributed by atoms with Crippen molar-refractivity contribution >= 4 is 27.8 Å². The summed E-state index contributed by atoms with van der Waals surface area (Å²) in [6.07, 6.45) is 8.83. The van der Waals surface area contributed by atoms with E-state index in [1.807, 2.05) is 32.9 Å². The lowest BCUT2D eigenvalue weighted by Gasteiger charge is -2.27. The van der Waals surface area contributed by atoms with Crippen molar-refractivity contribution in [3.05, 3.63) is 67.3 Å². The monoisotopic (exact) mass is 509 g/mol. The van der Waals surface area contributed by atoms with Crippen LogP contribution in [0.5, 0.6) is 0 Å². The minimum Gasteiger partial charge on any atom is -0.373 e. The minimum absolute atomic E-state index is 0.200. The first-order valence-corrected chi connectivity index (χ1v) is 12.0. The van der Waals surface area contributed by atoms with Crippen LogP contribution in [0.1, 0.15) is 20.8 Å². The van der Waals surface area contributed by atoms with Crippen molar-refractivity contribution in [3.8, 4) is 33.9 Å². The third kappa shape index (κ3) is 4.12. The van der Waals surface area contributed by atoms with E-state index in [1.54, 1.807) is 43.1 Å². The van der Waals surface area contributed by atoms with Crippen LogP contribution in [0.3, 0.4) is 0 Å². The van der Waals surface area contributed by atoms with Gasteiger partial charge >= 0.3 is 0 Å². The number of fused-ring (bicyclic) bond motifs is 2. The molecule has 6 heterocycles. The second-order valence-electron chi connectivity index (χ2n) is 10.0. The lowest BCUT2D eigenvalue weighted by Crippen LogP contribution is -2.33. The van der Waals surface area contributed by atoms with Crippen molar-refractivity contribution in [3.63, 3.8) is 0 Å². The van der Waals surface area contributed by atoms with Crippen LogP contribution in [-0.2, 0) is 0 Å². The number of rotatable bonds is 5. The molecule has 0 bridgehead atoms. The van der Waals surface area contributed by atoms with E-state index in [4.69, 9.17) is 4.98 Å². The summed E-state index contributed by atoms with van der Waals surface area (Å²) < 4.78 is 16.1. The van der Waals surface area contributed by atoms with Gasteiger partial charge in [-0.15, -0.1) is 0 Å². The maximum atomic E-state index is 16.1. The number of anilines is 1. The van der Waals surface area contributed by atoms with Crippen molar-refractivity contribution in [2.24, 2.45) is 5.41 Å². The Bertz CT molecular complexity index is 1770. The second kappa shape index (κ2) is 8.96. The molecule has 0 amide bonds. The molecule has 0 aliphatic carbocycles. The van der Waals surface area contributed by atoms with Crippen molar-refractivity contribution in [1.29, 1.82) is 0 Å². The van der Waals surface area contributed by atoms with Crippen LogP contribution in [0.2, 0.25) is 0 Å². The molecule has 0 aliphatic rings. The molecule has 4 N–H and O–H groups in total. The van der Waals surface area contributed by atoms with Gasteiger partial charge in [-0.2, -0.15) is 5.10 Å². The summed E-state index contributed by atoms with van der Waals surface area (Å²) in [5.41, 5.74) is 4.34. The molecule has 11 heteroatoms. The quantitative estimate of drug-likeness (QED) is 0.240. The fourth-order valence-electron chi connectivity index (χ4n) is 4.13. The summed E-state index contributed by atoms with van der Waals surface area (Å²) in [6.45, 7) is 5.73. The summed E-state index contributed by atoms with van der Waals surface area (Å²) in [6, 6.07) is 7.26. The first-order valence-electron chi connectivity index (χ1n) is 12.0. The molecule has 0 radical (unpaired) electrons. The lowest BCUT2D eigenvalue weighted by molar-refractivity contribution is 0.0880. The number of pyridine rings is 4. The number of aliphatic hydroxyl groups is 1. The summed E-state index contributed by atoms with van der Waals surface area (Å²) in [5.74, 6) is -0.111. The standard InChI is InChI=1S/C27H24FN9O/c1-27(2,3)26(38)33-16-9-15(11-30-12-16)17-13-32-24-19(20(17)28)23(36-37-24)25-34-18-6-8-31-21(22(18)35-25)14-5-4-7-29-10-14/h4-13,26,33,38H,1-3H3,(H,34,35)(H,32,36,37). The van der Waals surface area contributed by atoms with E-state index in [9.17, 15) is 5.11 Å². The van der Waals surface area contributed by atoms with Gasteiger partial charge < -0.3 is 15.4 Å². The van der Waals surface area contributed by atoms with Gasteiger partial charge in [0.1, 0.15) is 23.3 Å². The number of hydrogen-bond donors (Lipinski definition) is 4. The Balaban J connectivity index is 1.44. The van der Waals surface area contributed by atoms with Gasteiger partial charge in [0, 0.05) is 53.1 Å². The van der Waals surface area contributed by atoms with E-state index < -0.39 is 17.5 Å². The maximum Gasteiger partial charge on any atom is 0.184 e. The topological polar surface area (TPSA) is 141 Å². The zero-order valence-electron chi connectivity index (χ0n) is 20.9. The van der Waals surface area contributed by atoms with Crippen LogP contribution < -0.4 is 5.32 Å². The third-order valence-electron chi connectivity index (χ3n) is 6.26. The molecular weight excluding hydrogens is 485 g/mol. The minimum atomic E-state index is -0.815. The summed E-state index contributed by atoms with van der Waals surface area (Å²) in [4.78, 5) is 25.2. The molecule has 1 atom stereocenters. The number of nitrogens with zero attached hydrogens (tertiary/aromatic N) is 6. The second-order valence-corrected chi connectivity index (χ2v) is 10.0. The van der Waals surface area contributed by atoms with Crippen molar-refractivity contribution in [1.82, 2.24) is 40.1 Å². The summed E-state index contributed by atoms with van der Waals surface area (Å²) in [7, 11) is 0. The van der Waals surface area contributed by atoms with Gasteiger partial charge in [-0.25, -0.2) is 14.4 Å². The highest BCUT2D eigenvalue weighted by atomic mass is 19.1. The Morgan fingerprint density at radius 2 is 1.84 bits per heavy atom. The van der Waals surface area contributed by atoms with E-state index in [0.717, 1.165) is 11.1 Å². The van der Waals surface area contributed by atoms with E-state index >= 15 is 4.39 Å². The Morgan fingerprint density at radius 1 is 1.00 bits per heavy atom. The Kier molecular flexibility index (Phi) is 5.57. The van der Waals surface area contributed by atoms with Gasteiger partial charge in [-0.3, -0.25) is 20.1 Å². The van der Waals surface area contributed by atoms with Crippen LogP contribution in [0.15, 0.2) is 61.4 Å². The zero-order chi connectivity index (χ0) is 26.4. The summed E-state index contributed by atoms with van der Waals surface area (Å²) in [5, 5.41) is 20.7. The molecule has 0 fully saturated rings. The molecule has 6 aromatic heterocycles. The highest BCUT2D eigenvalue weighted by Crippen LogP contribution is 2.34. The molecule has 0 saturated carbocycles. The molecule has 38 heavy (non-hydrogen) atoms. The fourth-order valence-corrected chi connectivity index (χ4v) is 4.13. The summed E-state index contributed by atoms with van der Waals surface area (Å²) >= 11 is 0. The molecule has 10 nitrogen and oxygen atoms in total. The Morgan fingerprint density at radius 3 is 2.63 bits per heavy atom. The van der Waals surface area contributed by atoms with Crippen LogP contribution in [0.4, 0.5) is 10.1 Å². The molecule has 0 spiro atoms. The number of halogens is 1. The van der Waals surface area contributed by atoms with Gasteiger partial charge in [0.2, 0.25) is 0 Å². The van der Waals surface area contributed by atoms with E-state index in [2.05, 4.69) is 40.4 Å². The van der Waals surface area contributed by atoms with Crippen LogP contribution >= 0.6 is 0 Å². The predicted octanol–water partition coefficient (Wildman–Crippen LogP) is 4.94. The first kappa shape index (κ1) is 23.6. The Hall–Kier alpha value is -4.77. The number of hydrogen-bond acceptors (Lipinski definition) is 8. The number of aromatic amines is 2. The van der Waals surface area contributed by atoms with E-state index in [0.29, 0.717) is 34.0 Å². The zero-order valence-corrected chi connectivity index (χ0v) is 20.9. The maximum absolute atomic E-state index is 16.1. The third-order valence-corrected chi connectivity index (χ3v) is 6.26. The molecule has 0 aromatic carbocycles. The normalized spacial score (nSPS) is 12.8. The smallest absolute Gasteiger partial charge is 0.184 e. The van der Waals surface area contributed by atoms with Gasteiger partial charge in [0.15, 0.2) is 11.5 Å². The van der Waals surface area contributed by atoms with Crippen LogP contribution in [0, 0.1) is 11.2 Å². The molecular formula is C27H24FN9O. The van der Waals surface area contributed by atoms with Gasteiger partial charge in [-0.1, -0.05) is 20.8 Å². The molecule has 0 saturated heterocycles. The van der Waals surface area contributed by atoms with Gasteiger partial charge in [0.25, 0.3) is 0 Å². The Labute approximate surface area is 216 Å². The molecule has 0 aliphatic heterocycles. The van der Waals surface area contributed by atoms with E-state index in [-0.39, 0.29) is 16.6 Å². The predicted molar refractivity (Wildman–Crippen MR) is 142 cm³/mol. The average Bonchev–Trinajstić information content (AvgIpc) is 3.54. The molecule has 6 aromatic rings. The average molecular weight is 510 g/mol. The van der Waals surface area contributed by atoms with Crippen LogP contribution in [0.25, 0.3) is 56.0 Å². The number of aliphatic hydroxyl groups excluding tert-OH is 1. The van der Waals surface area contributed by atoms with Gasteiger partial charge in [0.05, 0.1) is 28.5 Å². The van der Waals surface area contributed by atoms with Crippen molar-refractivity contribution < 1.29 is 9.50 Å². The number of nitrogens with one attached hydrogen (secondary N) is 3.